The molecular formula is C13H19N3O2S. The summed E-state index contributed by atoms with van der Waals surface area (Å²) in [5.74, 6) is 0.914. The largest absolute Gasteiger partial charge is 0.302 e. The maximum absolute atomic E-state index is 12.3. The predicted octanol–water partition coefficient (Wildman–Crippen LogP) is 2.15. The highest BCUT2D eigenvalue weighted by Gasteiger charge is 2.23. The van der Waals surface area contributed by atoms with E-state index in [1.165, 1.54) is 0 Å². The summed E-state index contributed by atoms with van der Waals surface area (Å²) in [6, 6.07) is 5.47. The molecule has 2 rings (SSSR count). The van der Waals surface area contributed by atoms with Crippen LogP contribution < -0.4 is 4.72 Å². The standard InChI is InChI=1S/C13H19N3O2S/c1-4-8-14-19(17,18)13-11-7-5-6-9-16(11)12(15-13)10(2)3/h5-7,9-10,14H,4,8H2,1-3H3. The molecule has 0 aliphatic rings. The number of nitrogens with one attached hydrogen (secondary N) is 1. The topological polar surface area (TPSA) is 63.5 Å². The molecular weight excluding hydrogens is 262 g/mol. The first kappa shape index (κ1) is 14.0. The number of hydrogen-bond donors (Lipinski definition) is 1. The Hall–Kier alpha value is -1.40. The second-order valence-electron chi connectivity index (χ2n) is 4.78. The lowest BCUT2D eigenvalue weighted by molar-refractivity contribution is 0.578. The molecule has 6 heteroatoms. The number of imidazole rings is 1. The highest BCUT2D eigenvalue weighted by atomic mass is 32.2. The van der Waals surface area contributed by atoms with Gasteiger partial charge in [-0.3, -0.25) is 0 Å². The zero-order valence-corrected chi connectivity index (χ0v) is 12.2. The number of hydrogen-bond acceptors (Lipinski definition) is 3. The fraction of sp³-hybridized carbons (Fsp3) is 0.462. The van der Waals surface area contributed by atoms with Gasteiger partial charge in [0.15, 0.2) is 5.03 Å². The van der Waals surface area contributed by atoms with Crippen molar-refractivity contribution < 1.29 is 8.42 Å². The zero-order chi connectivity index (χ0) is 14.0. The molecule has 0 fully saturated rings. The molecule has 0 saturated heterocycles. The van der Waals surface area contributed by atoms with Crippen molar-refractivity contribution in [3.63, 3.8) is 0 Å². The van der Waals surface area contributed by atoms with Crippen molar-refractivity contribution in [1.29, 1.82) is 0 Å². The van der Waals surface area contributed by atoms with E-state index in [0.29, 0.717) is 12.1 Å². The average Bonchev–Trinajstić information content (AvgIpc) is 2.77. The van der Waals surface area contributed by atoms with Crippen LogP contribution in [0.25, 0.3) is 5.52 Å². The summed E-state index contributed by atoms with van der Waals surface area (Å²) in [7, 11) is -3.54. The van der Waals surface area contributed by atoms with Crippen LogP contribution in [0, 0.1) is 0 Å². The van der Waals surface area contributed by atoms with Crippen LogP contribution >= 0.6 is 0 Å². The second kappa shape index (κ2) is 5.30. The van der Waals surface area contributed by atoms with E-state index in [9.17, 15) is 8.42 Å². The van der Waals surface area contributed by atoms with Crippen LogP contribution in [-0.4, -0.2) is 24.3 Å². The third-order valence-electron chi connectivity index (χ3n) is 2.85. The highest BCUT2D eigenvalue weighted by Crippen LogP contribution is 2.22. The van der Waals surface area contributed by atoms with Crippen molar-refractivity contribution in [3.8, 4) is 0 Å². The molecule has 19 heavy (non-hydrogen) atoms. The lowest BCUT2D eigenvalue weighted by atomic mass is 10.2. The Bertz CT molecular complexity index is 674. The van der Waals surface area contributed by atoms with Gasteiger partial charge in [0.1, 0.15) is 5.82 Å². The minimum Gasteiger partial charge on any atom is -0.302 e. The molecule has 0 radical (unpaired) electrons. The van der Waals surface area contributed by atoms with Gasteiger partial charge in [0.2, 0.25) is 0 Å². The van der Waals surface area contributed by atoms with Gasteiger partial charge in [-0.2, -0.15) is 0 Å². The van der Waals surface area contributed by atoms with Crippen LogP contribution in [0.1, 0.15) is 38.9 Å². The van der Waals surface area contributed by atoms with E-state index >= 15 is 0 Å². The first-order valence-electron chi connectivity index (χ1n) is 6.44. The van der Waals surface area contributed by atoms with E-state index in [-0.39, 0.29) is 10.9 Å². The molecule has 0 saturated carbocycles. The monoisotopic (exact) mass is 281 g/mol. The summed E-state index contributed by atoms with van der Waals surface area (Å²) in [6.45, 7) is 6.34. The molecule has 0 amide bonds. The van der Waals surface area contributed by atoms with Crippen LogP contribution in [0.4, 0.5) is 0 Å². The Morgan fingerprint density at radius 3 is 2.74 bits per heavy atom. The fourth-order valence-corrected chi connectivity index (χ4v) is 3.21. The fourth-order valence-electron chi connectivity index (χ4n) is 1.94. The Morgan fingerprint density at radius 1 is 1.37 bits per heavy atom. The molecule has 0 aromatic carbocycles. The maximum atomic E-state index is 12.3. The average molecular weight is 281 g/mol. The zero-order valence-electron chi connectivity index (χ0n) is 11.4. The molecule has 0 spiro atoms. The number of fused-ring (bicyclic) bond motifs is 1. The number of sulfonamides is 1. The van der Waals surface area contributed by atoms with Crippen molar-refractivity contribution >= 4 is 15.5 Å². The van der Waals surface area contributed by atoms with E-state index < -0.39 is 10.0 Å². The molecule has 2 heterocycles. The van der Waals surface area contributed by atoms with E-state index in [1.807, 2.05) is 43.5 Å². The summed E-state index contributed by atoms with van der Waals surface area (Å²) >= 11 is 0. The Balaban J connectivity index is 2.61. The third kappa shape index (κ3) is 2.64. The number of rotatable bonds is 5. The molecule has 0 aliphatic heterocycles. The van der Waals surface area contributed by atoms with Gasteiger partial charge in [-0.1, -0.05) is 26.8 Å². The second-order valence-corrected chi connectivity index (χ2v) is 6.47. The van der Waals surface area contributed by atoms with Gasteiger partial charge >= 0.3 is 0 Å². The molecule has 0 atom stereocenters. The maximum Gasteiger partial charge on any atom is 0.260 e. The normalized spacial score (nSPS) is 12.4. The first-order valence-corrected chi connectivity index (χ1v) is 7.92. The van der Waals surface area contributed by atoms with Crippen LogP contribution in [0.2, 0.25) is 0 Å². The van der Waals surface area contributed by atoms with Crippen LogP contribution in [0.15, 0.2) is 29.4 Å². The Morgan fingerprint density at radius 2 is 2.11 bits per heavy atom. The Labute approximate surface area is 113 Å². The van der Waals surface area contributed by atoms with Gasteiger partial charge in [-0.25, -0.2) is 18.1 Å². The highest BCUT2D eigenvalue weighted by molar-refractivity contribution is 7.89. The summed E-state index contributed by atoms with van der Waals surface area (Å²) in [6.07, 6.45) is 2.60. The summed E-state index contributed by atoms with van der Waals surface area (Å²) < 4.78 is 28.9. The first-order chi connectivity index (χ1) is 8.97. The van der Waals surface area contributed by atoms with Crippen molar-refractivity contribution in [3.05, 3.63) is 30.2 Å². The molecule has 0 aliphatic carbocycles. The molecule has 0 bridgehead atoms. The van der Waals surface area contributed by atoms with E-state index in [1.54, 1.807) is 6.07 Å². The molecule has 104 valence electrons. The summed E-state index contributed by atoms with van der Waals surface area (Å²) in [5, 5.41) is 0.116. The number of pyridine rings is 1. The predicted molar refractivity (Wildman–Crippen MR) is 74.8 cm³/mol. The SMILES string of the molecule is CCCNS(=O)(=O)c1nc(C(C)C)n2ccccc12. The van der Waals surface area contributed by atoms with E-state index in [0.717, 1.165) is 12.2 Å². The smallest absolute Gasteiger partial charge is 0.260 e. The quantitative estimate of drug-likeness (QED) is 0.913. The van der Waals surface area contributed by atoms with Crippen molar-refractivity contribution in [2.24, 2.45) is 0 Å². The van der Waals surface area contributed by atoms with Gasteiger partial charge < -0.3 is 4.40 Å². The third-order valence-corrected chi connectivity index (χ3v) is 4.25. The summed E-state index contributed by atoms with van der Waals surface area (Å²) in [5.41, 5.74) is 0.620. The molecule has 2 aromatic heterocycles. The van der Waals surface area contributed by atoms with Gasteiger partial charge in [-0.15, -0.1) is 0 Å². The van der Waals surface area contributed by atoms with Gasteiger partial charge in [0, 0.05) is 18.7 Å². The van der Waals surface area contributed by atoms with Gasteiger partial charge in [-0.05, 0) is 18.6 Å². The number of nitrogens with zero attached hydrogens (tertiary/aromatic N) is 2. The van der Waals surface area contributed by atoms with Crippen molar-refractivity contribution in [1.82, 2.24) is 14.1 Å². The molecule has 5 nitrogen and oxygen atoms in total. The van der Waals surface area contributed by atoms with E-state index in [4.69, 9.17) is 0 Å². The molecule has 2 aromatic rings. The lowest BCUT2D eigenvalue weighted by Gasteiger charge is -2.02. The van der Waals surface area contributed by atoms with Crippen molar-refractivity contribution in [2.45, 2.75) is 38.1 Å². The molecule has 0 unspecified atom stereocenters. The van der Waals surface area contributed by atoms with Crippen molar-refractivity contribution in [2.75, 3.05) is 6.54 Å². The molecule has 1 N–H and O–H groups in total. The van der Waals surface area contributed by atoms with Crippen LogP contribution in [0.5, 0.6) is 0 Å². The summed E-state index contributed by atoms with van der Waals surface area (Å²) in [4.78, 5) is 4.33. The van der Waals surface area contributed by atoms with E-state index in [2.05, 4.69) is 9.71 Å². The van der Waals surface area contributed by atoms with Crippen LogP contribution in [-0.2, 0) is 10.0 Å². The van der Waals surface area contributed by atoms with Crippen LogP contribution in [0.3, 0.4) is 0 Å². The Kier molecular flexibility index (Phi) is 3.91. The van der Waals surface area contributed by atoms with Gasteiger partial charge in [0.05, 0.1) is 5.52 Å². The minimum atomic E-state index is -3.54. The minimum absolute atomic E-state index is 0.116. The lowest BCUT2D eigenvalue weighted by Crippen LogP contribution is -2.25. The van der Waals surface area contributed by atoms with Gasteiger partial charge in [0.25, 0.3) is 10.0 Å². The number of aromatic nitrogens is 2.